The number of benzene rings is 3. The van der Waals surface area contributed by atoms with Gasteiger partial charge in [-0.2, -0.15) is 5.10 Å². The number of amides is 2. The minimum atomic E-state index is -0.404. The summed E-state index contributed by atoms with van der Waals surface area (Å²) in [6.45, 7) is 0. The minimum absolute atomic E-state index is 0.152. The molecule has 4 aromatic rings. The first kappa shape index (κ1) is 20.4. The van der Waals surface area contributed by atoms with Gasteiger partial charge in [0.25, 0.3) is 5.91 Å². The first-order valence-electron chi connectivity index (χ1n) is 9.59. The molecule has 0 unspecified atom stereocenters. The van der Waals surface area contributed by atoms with Crippen LogP contribution < -0.4 is 11.1 Å². The van der Waals surface area contributed by atoms with Gasteiger partial charge in [-0.15, -0.1) is 0 Å². The number of nitrogens with one attached hydrogen (secondary N) is 1. The quantitative estimate of drug-likeness (QED) is 0.472. The van der Waals surface area contributed by atoms with E-state index >= 15 is 0 Å². The lowest BCUT2D eigenvalue weighted by Crippen LogP contribution is -2.17. The Morgan fingerprint density at radius 1 is 0.935 bits per heavy atom. The molecule has 4 rings (SSSR count). The van der Waals surface area contributed by atoms with Gasteiger partial charge in [-0.05, 0) is 48.0 Å². The number of aromatic nitrogens is 2. The van der Waals surface area contributed by atoms with Gasteiger partial charge in [0, 0.05) is 16.3 Å². The molecule has 2 amide bonds. The van der Waals surface area contributed by atoms with Crippen LogP contribution in [0.2, 0.25) is 5.02 Å². The van der Waals surface area contributed by atoms with Gasteiger partial charge in [0.2, 0.25) is 5.91 Å². The number of primary amides is 1. The first-order chi connectivity index (χ1) is 15.0. The molecular formula is C24H19ClN4O2. The van der Waals surface area contributed by atoms with Crippen molar-refractivity contribution in [2.45, 2.75) is 6.42 Å². The van der Waals surface area contributed by atoms with Crippen LogP contribution in [0.3, 0.4) is 0 Å². The Morgan fingerprint density at radius 3 is 2.26 bits per heavy atom. The Hall–Kier alpha value is -3.90. The smallest absolute Gasteiger partial charge is 0.274 e. The largest absolute Gasteiger partial charge is 0.369 e. The van der Waals surface area contributed by atoms with Crippen molar-refractivity contribution in [3.05, 3.63) is 101 Å². The van der Waals surface area contributed by atoms with Crippen LogP contribution in [0, 0.1) is 0 Å². The third-order valence-corrected chi connectivity index (χ3v) is 4.92. The zero-order valence-corrected chi connectivity index (χ0v) is 17.2. The normalized spacial score (nSPS) is 10.6. The fourth-order valence-corrected chi connectivity index (χ4v) is 3.30. The van der Waals surface area contributed by atoms with Gasteiger partial charge in [-0.25, -0.2) is 4.68 Å². The Bertz CT molecular complexity index is 1220. The molecule has 0 aliphatic rings. The van der Waals surface area contributed by atoms with E-state index < -0.39 is 5.91 Å². The van der Waals surface area contributed by atoms with Crippen LogP contribution in [0.5, 0.6) is 0 Å². The lowest BCUT2D eigenvalue weighted by atomic mass is 10.1. The van der Waals surface area contributed by atoms with Gasteiger partial charge < -0.3 is 11.1 Å². The predicted molar refractivity (Wildman–Crippen MR) is 121 cm³/mol. The molecule has 0 atom stereocenters. The highest BCUT2D eigenvalue weighted by Gasteiger charge is 2.18. The monoisotopic (exact) mass is 430 g/mol. The molecule has 154 valence electrons. The molecule has 6 nitrogen and oxygen atoms in total. The molecule has 7 heteroatoms. The Morgan fingerprint density at radius 2 is 1.61 bits per heavy atom. The van der Waals surface area contributed by atoms with E-state index in [1.165, 1.54) is 0 Å². The van der Waals surface area contributed by atoms with Gasteiger partial charge in [0.1, 0.15) is 5.69 Å². The summed E-state index contributed by atoms with van der Waals surface area (Å²) in [6.07, 6.45) is 0.152. The highest BCUT2D eigenvalue weighted by molar-refractivity contribution is 6.30. The maximum Gasteiger partial charge on any atom is 0.274 e. The van der Waals surface area contributed by atoms with Crippen molar-refractivity contribution in [3.63, 3.8) is 0 Å². The molecule has 0 saturated carbocycles. The molecule has 0 spiro atoms. The van der Waals surface area contributed by atoms with Crippen LogP contribution >= 0.6 is 11.6 Å². The second-order valence-electron chi connectivity index (χ2n) is 6.96. The molecule has 3 N–H and O–H groups in total. The molecule has 31 heavy (non-hydrogen) atoms. The lowest BCUT2D eigenvalue weighted by Gasteiger charge is -2.09. The number of anilines is 1. The van der Waals surface area contributed by atoms with Crippen molar-refractivity contribution < 1.29 is 9.59 Å². The van der Waals surface area contributed by atoms with Crippen LogP contribution in [-0.2, 0) is 11.2 Å². The Labute approximate surface area is 184 Å². The molecule has 3 aromatic carbocycles. The molecule has 1 aromatic heterocycles. The van der Waals surface area contributed by atoms with E-state index in [1.807, 2.05) is 42.5 Å². The van der Waals surface area contributed by atoms with E-state index in [9.17, 15) is 9.59 Å². The molecule has 0 fully saturated rings. The Balaban J connectivity index is 1.66. The number of hydrogen-bond acceptors (Lipinski definition) is 3. The van der Waals surface area contributed by atoms with Crippen molar-refractivity contribution in [1.29, 1.82) is 0 Å². The van der Waals surface area contributed by atoms with Crippen LogP contribution in [-0.4, -0.2) is 21.6 Å². The summed E-state index contributed by atoms with van der Waals surface area (Å²) < 4.78 is 1.61. The zero-order chi connectivity index (χ0) is 21.8. The van der Waals surface area contributed by atoms with Gasteiger partial charge in [0.15, 0.2) is 0 Å². The zero-order valence-electron chi connectivity index (χ0n) is 16.5. The van der Waals surface area contributed by atoms with Gasteiger partial charge in [0.05, 0.1) is 17.8 Å². The summed E-state index contributed by atoms with van der Waals surface area (Å²) in [5.41, 5.74) is 9.27. The first-order valence-corrected chi connectivity index (χ1v) is 9.97. The summed E-state index contributed by atoms with van der Waals surface area (Å²) in [6, 6.07) is 25.5. The van der Waals surface area contributed by atoms with E-state index in [0.29, 0.717) is 22.1 Å². The number of nitrogens with two attached hydrogens (primary N) is 1. The molecule has 0 aliphatic heterocycles. The summed E-state index contributed by atoms with van der Waals surface area (Å²) in [4.78, 5) is 24.2. The average Bonchev–Trinajstić information content (AvgIpc) is 3.21. The van der Waals surface area contributed by atoms with Crippen molar-refractivity contribution in [2.75, 3.05) is 5.32 Å². The topological polar surface area (TPSA) is 90.0 Å². The summed E-state index contributed by atoms with van der Waals surface area (Å²) in [7, 11) is 0. The summed E-state index contributed by atoms with van der Waals surface area (Å²) in [5, 5.41) is 8.17. The number of halogens is 1. The second kappa shape index (κ2) is 8.85. The third-order valence-electron chi connectivity index (χ3n) is 4.67. The van der Waals surface area contributed by atoms with E-state index in [2.05, 4.69) is 10.4 Å². The van der Waals surface area contributed by atoms with E-state index in [1.54, 1.807) is 47.1 Å². The fraction of sp³-hybridized carbons (Fsp3) is 0.0417. The number of carbonyl (C=O) groups excluding carboxylic acids is 2. The van der Waals surface area contributed by atoms with E-state index in [0.717, 1.165) is 16.8 Å². The lowest BCUT2D eigenvalue weighted by molar-refractivity contribution is -0.117. The third kappa shape index (κ3) is 4.82. The number of rotatable bonds is 6. The van der Waals surface area contributed by atoms with Crippen molar-refractivity contribution in [1.82, 2.24) is 9.78 Å². The number of para-hydroxylation sites is 1. The molecule has 0 bridgehead atoms. The van der Waals surface area contributed by atoms with Crippen LogP contribution in [0.25, 0.3) is 16.9 Å². The average molecular weight is 431 g/mol. The van der Waals surface area contributed by atoms with Gasteiger partial charge in [-0.1, -0.05) is 54.1 Å². The summed E-state index contributed by atoms with van der Waals surface area (Å²) >= 11 is 6.00. The van der Waals surface area contributed by atoms with E-state index in [-0.39, 0.29) is 12.3 Å². The van der Waals surface area contributed by atoms with Crippen LogP contribution in [0.4, 0.5) is 5.69 Å². The second-order valence-corrected chi connectivity index (χ2v) is 7.40. The maximum atomic E-state index is 13.1. The van der Waals surface area contributed by atoms with Crippen molar-refractivity contribution in [2.24, 2.45) is 5.73 Å². The molecule has 0 radical (unpaired) electrons. The molecule has 0 aliphatic carbocycles. The van der Waals surface area contributed by atoms with Gasteiger partial charge in [-0.3, -0.25) is 9.59 Å². The number of carbonyl (C=O) groups is 2. The van der Waals surface area contributed by atoms with Crippen LogP contribution in [0.1, 0.15) is 16.1 Å². The predicted octanol–water partition coefficient (Wildman–Crippen LogP) is 4.47. The maximum absolute atomic E-state index is 13.1. The number of nitrogens with zero attached hydrogens (tertiary/aromatic N) is 2. The summed E-state index contributed by atoms with van der Waals surface area (Å²) in [5.74, 6) is -0.711. The standard InChI is InChI=1S/C24H19ClN4O2/c25-18-10-8-17(9-11-18)21-15-22(29(28-21)20-4-2-1-3-5-20)24(31)27-19-12-6-16(7-13-19)14-23(26)30/h1-13,15H,14H2,(H2,26,30)(H,27,31). The SMILES string of the molecule is NC(=O)Cc1ccc(NC(=O)c2cc(-c3ccc(Cl)cc3)nn2-c2ccccc2)cc1. The van der Waals surface area contributed by atoms with E-state index in [4.69, 9.17) is 17.3 Å². The number of hydrogen-bond donors (Lipinski definition) is 2. The molecular weight excluding hydrogens is 412 g/mol. The van der Waals surface area contributed by atoms with Crippen molar-refractivity contribution in [3.8, 4) is 16.9 Å². The highest BCUT2D eigenvalue weighted by atomic mass is 35.5. The van der Waals surface area contributed by atoms with Crippen molar-refractivity contribution >= 4 is 29.1 Å². The van der Waals surface area contributed by atoms with Gasteiger partial charge >= 0.3 is 0 Å². The highest BCUT2D eigenvalue weighted by Crippen LogP contribution is 2.24. The molecule has 0 saturated heterocycles. The Kier molecular flexibility index (Phi) is 5.82. The van der Waals surface area contributed by atoms with Crippen LogP contribution in [0.15, 0.2) is 84.9 Å². The minimum Gasteiger partial charge on any atom is -0.369 e. The molecule has 1 heterocycles. The fourth-order valence-electron chi connectivity index (χ4n) is 3.17.